The van der Waals surface area contributed by atoms with Crippen LogP contribution in [-0.4, -0.2) is 29.5 Å². The first kappa shape index (κ1) is 15.2. The quantitative estimate of drug-likeness (QED) is 0.636. The van der Waals surface area contributed by atoms with Gasteiger partial charge in [0.1, 0.15) is 5.69 Å². The monoisotopic (exact) mass is 335 g/mol. The number of sulfonamides is 1. The van der Waals surface area contributed by atoms with Crippen LogP contribution in [-0.2, 0) is 14.8 Å². The number of rotatable bonds is 4. The van der Waals surface area contributed by atoms with Gasteiger partial charge in [-0.05, 0) is 12.1 Å². The summed E-state index contributed by atoms with van der Waals surface area (Å²) in [4.78, 5) is 13.7. The van der Waals surface area contributed by atoms with E-state index in [0.717, 1.165) is 12.1 Å². The molecule has 0 aromatic carbocycles. The third-order valence-electron chi connectivity index (χ3n) is 1.98. The maximum atomic E-state index is 13.3. The van der Waals surface area contributed by atoms with E-state index in [1.807, 2.05) is 4.72 Å². The Morgan fingerprint density at radius 3 is 2.62 bits per heavy atom. The first-order valence-electron chi connectivity index (χ1n) is 5.24. The first-order chi connectivity index (χ1) is 9.78. The van der Waals surface area contributed by atoms with Crippen molar-refractivity contribution >= 4 is 38.1 Å². The maximum Gasteiger partial charge on any atom is 0.291 e. The summed E-state index contributed by atoms with van der Waals surface area (Å²) in [6.45, 7) is 1.22. The number of aromatic nitrogens is 3. The van der Waals surface area contributed by atoms with Crippen molar-refractivity contribution in [2.45, 2.75) is 11.3 Å². The van der Waals surface area contributed by atoms with Crippen LogP contribution in [0.15, 0.2) is 16.5 Å². The molecule has 0 radical (unpaired) electrons. The van der Waals surface area contributed by atoms with Gasteiger partial charge in [0.05, 0.1) is 0 Å². The van der Waals surface area contributed by atoms with E-state index in [0.29, 0.717) is 11.3 Å². The number of carbonyl (C=O) groups is 1. The van der Waals surface area contributed by atoms with Crippen LogP contribution < -0.4 is 10.0 Å². The van der Waals surface area contributed by atoms with E-state index in [2.05, 4.69) is 20.5 Å². The highest BCUT2D eigenvalue weighted by atomic mass is 32.2. The van der Waals surface area contributed by atoms with Crippen LogP contribution in [0.3, 0.4) is 0 Å². The predicted molar refractivity (Wildman–Crippen MR) is 69.2 cm³/mol. The fraction of sp³-hybridized carbons (Fsp3) is 0.111. The summed E-state index contributed by atoms with van der Waals surface area (Å²) < 4.78 is 51.2. The Kier molecular flexibility index (Phi) is 4.09. The topological polar surface area (TPSA) is 114 Å². The summed E-state index contributed by atoms with van der Waals surface area (Å²) in [5.41, 5.74) is -0.535. The standard InChI is InChI=1S/C9H7F2N5O3S2/c1-4(17)12-8-14-15-9(20-8)21(18,19)16-5-2-3-6(10)13-7(5)11/h2-3,16H,1H3,(H,12,14,17). The van der Waals surface area contributed by atoms with E-state index in [9.17, 15) is 22.0 Å². The molecule has 8 nitrogen and oxygen atoms in total. The molecule has 0 saturated carbocycles. The van der Waals surface area contributed by atoms with Crippen LogP contribution in [0.5, 0.6) is 0 Å². The molecule has 2 aromatic heterocycles. The molecule has 1 amide bonds. The van der Waals surface area contributed by atoms with Crippen molar-refractivity contribution in [3.63, 3.8) is 0 Å². The zero-order valence-electron chi connectivity index (χ0n) is 10.3. The van der Waals surface area contributed by atoms with Crippen LogP contribution in [0, 0.1) is 11.9 Å². The average molecular weight is 335 g/mol. The largest absolute Gasteiger partial charge is 0.301 e. The van der Waals surface area contributed by atoms with Crippen molar-refractivity contribution < 1.29 is 22.0 Å². The number of anilines is 2. The smallest absolute Gasteiger partial charge is 0.291 e. The van der Waals surface area contributed by atoms with Gasteiger partial charge < -0.3 is 5.32 Å². The lowest BCUT2D eigenvalue weighted by Gasteiger charge is -2.05. The van der Waals surface area contributed by atoms with Crippen molar-refractivity contribution in [2.24, 2.45) is 0 Å². The van der Waals surface area contributed by atoms with Crippen LogP contribution in [0.1, 0.15) is 6.92 Å². The van der Waals surface area contributed by atoms with E-state index >= 15 is 0 Å². The number of halogens is 2. The van der Waals surface area contributed by atoms with E-state index in [4.69, 9.17) is 0 Å². The lowest BCUT2D eigenvalue weighted by Crippen LogP contribution is -2.14. The van der Waals surface area contributed by atoms with Crippen molar-refractivity contribution in [2.75, 3.05) is 10.0 Å². The fourth-order valence-electron chi connectivity index (χ4n) is 1.20. The SMILES string of the molecule is CC(=O)Nc1nnc(S(=O)(=O)Nc2ccc(F)nc2F)s1. The molecule has 0 saturated heterocycles. The van der Waals surface area contributed by atoms with Gasteiger partial charge >= 0.3 is 0 Å². The first-order valence-corrected chi connectivity index (χ1v) is 7.54. The molecular formula is C9H7F2N5O3S2. The Labute approximate surface area is 121 Å². The minimum atomic E-state index is -4.22. The second-order valence-electron chi connectivity index (χ2n) is 3.63. The van der Waals surface area contributed by atoms with Gasteiger partial charge in [-0.15, -0.1) is 10.2 Å². The third-order valence-corrected chi connectivity index (χ3v) is 4.55. The second-order valence-corrected chi connectivity index (χ2v) is 6.47. The molecular weight excluding hydrogens is 328 g/mol. The summed E-state index contributed by atoms with van der Waals surface area (Å²) in [7, 11) is -4.22. The van der Waals surface area contributed by atoms with Gasteiger partial charge in [0.25, 0.3) is 14.4 Å². The molecule has 0 spiro atoms. The Morgan fingerprint density at radius 2 is 2.00 bits per heavy atom. The minimum absolute atomic E-state index is 0.0272. The number of amides is 1. The number of nitrogens with one attached hydrogen (secondary N) is 2. The second kappa shape index (κ2) is 5.65. The van der Waals surface area contributed by atoms with Gasteiger partial charge in [0.2, 0.25) is 22.9 Å². The van der Waals surface area contributed by atoms with E-state index < -0.39 is 37.9 Å². The van der Waals surface area contributed by atoms with Crippen LogP contribution in [0.2, 0.25) is 0 Å². The van der Waals surface area contributed by atoms with Crippen LogP contribution in [0.4, 0.5) is 19.6 Å². The third kappa shape index (κ3) is 3.66. The van der Waals surface area contributed by atoms with Gasteiger partial charge in [0.15, 0.2) is 0 Å². The van der Waals surface area contributed by atoms with Crippen molar-refractivity contribution in [1.29, 1.82) is 0 Å². The molecule has 112 valence electrons. The molecule has 0 aliphatic carbocycles. The Balaban J connectivity index is 2.25. The molecule has 0 aliphatic rings. The molecule has 21 heavy (non-hydrogen) atoms. The Hall–Kier alpha value is -2.21. The van der Waals surface area contributed by atoms with Crippen molar-refractivity contribution in [1.82, 2.24) is 15.2 Å². The van der Waals surface area contributed by atoms with E-state index in [1.165, 1.54) is 6.92 Å². The summed E-state index contributed by atoms with van der Waals surface area (Å²) in [5, 5.41) is 9.05. The number of hydrogen-bond donors (Lipinski definition) is 2. The van der Waals surface area contributed by atoms with Gasteiger partial charge in [-0.1, -0.05) is 11.3 Å². The van der Waals surface area contributed by atoms with Crippen LogP contribution in [0.25, 0.3) is 0 Å². The normalized spacial score (nSPS) is 11.2. The molecule has 0 unspecified atom stereocenters. The van der Waals surface area contributed by atoms with Gasteiger partial charge in [-0.3, -0.25) is 9.52 Å². The van der Waals surface area contributed by atoms with Gasteiger partial charge in [0, 0.05) is 6.92 Å². The van der Waals surface area contributed by atoms with Crippen LogP contribution >= 0.6 is 11.3 Å². The van der Waals surface area contributed by atoms with E-state index in [-0.39, 0.29) is 5.13 Å². The molecule has 2 N–H and O–H groups in total. The van der Waals surface area contributed by atoms with Gasteiger partial charge in [-0.2, -0.15) is 22.2 Å². The Bertz CT molecular complexity index is 792. The number of nitrogens with zero attached hydrogens (tertiary/aromatic N) is 3. The highest BCUT2D eigenvalue weighted by Crippen LogP contribution is 2.23. The lowest BCUT2D eigenvalue weighted by molar-refractivity contribution is -0.114. The molecule has 2 rings (SSSR count). The van der Waals surface area contributed by atoms with Crippen molar-refractivity contribution in [3.05, 3.63) is 24.0 Å². The minimum Gasteiger partial charge on any atom is -0.301 e. The molecule has 0 aliphatic heterocycles. The number of pyridine rings is 1. The zero-order valence-corrected chi connectivity index (χ0v) is 11.9. The summed E-state index contributed by atoms with van der Waals surface area (Å²) in [6.07, 6.45) is 0. The summed E-state index contributed by atoms with van der Waals surface area (Å²) >= 11 is 0.575. The van der Waals surface area contributed by atoms with E-state index in [1.54, 1.807) is 0 Å². The molecule has 0 atom stereocenters. The molecule has 0 bridgehead atoms. The average Bonchev–Trinajstić information content (AvgIpc) is 2.81. The molecule has 12 heteroatoms. The highest BCUT2D eigenvalue weighted by Gasteiger charge is 2.22. The van der Waals surface area contributed by atoms with Gasteiger partial charge in [-0.25, -0.2) is 0 Å². The summed E-state index contributed by atoms with van der Waals surface area (Å²) in [5.74, 6) is -2.85. The zero-order chi connectivity index (χ0) is 15.6. The molecule has 2 aromatic rings. The fourth-order valence-corrected chi connectivity index (χ4v) is 3.20. The number of carbonyl (C=O) groups excluding carboxylic acids is 1. The summed E-state index contributed by atoms with van der Waals surface area (Å²) in [6, 6.07) is 1.68. The highest BCUT2D eigenvalue weighted by molar-refractivity contribution is 7.94. The maximum absolute atomic E-state index is 13.3. The number of hydrogen-bond acceptors (Lipinski definition) is 7. The molecule has 0 fully saturated rings. The lowest BCUT2D eigenvalue weighted by atomic mass is 10.4. The Morgan fingerprint density at radius 1 is 1.29 bits per heavy atom. The molecule has 2 heterocycles. The van der Waals surface area contributed by atoms with Crippen molar-refractivity contribution in [3.8, 4) is 0 Å². The predicted octanol–water partition coefficient (Wildman–Crippen LogP) is 0.970.